The van der Waals surface area contributed by atoms with Gasteiger partial charge in [-0.2, -0.15) is 0 Å². The Balaban J connectivity index is 1.51. The third-order valence-electron chi connectivity index (χ3n) is 3.71. The van der Waals surface area contributed by atoms with Crippen molar-refractivity contribution in [1.29, 1.82) is 0 Å². The summed E-state index contributed by atoms with van der Waals surface area (Å²) in [6.45, 7) is 0.978. The lowest BCUT2D eigenvalue weighted by molar-refractivity contribution is -0.121. The molecule has 4 nitrogen and oxygen atoms in total. The monoisotopic (exact) mass is 327 g/mol. The summed E-state index contributed by atoms with van der Waals surface area (Å²) in [5.41, 5.74) is 1.32. The highest BCUT2D eigenvalue weighted by atomic mass is 16.5. The van der Waals surface area contributed by atoms with E-state index in [1.165, 1.54) is 5.56 Å². The molecule has 0 saturated heterocycles. The Morgan fingerprint density at radius 3 is 2.38 bits per heavy atom. The van der Waals surface area contributed by atoms with Gasteiger partial charge in [-0.3, -0.25) is 4.79 Å². The molecule has 0 radical (unpaired) electrons. The zero-order valence-electron chi connectivity index (χ0n) is 14.2. The number of carbonyl (C=O) groups excluding carboxylic acids is 1. The predicted octanol–water partition coefficient (Wildman–Crippen LogP) is 3.60. The van der Waals surface area contributed by atoms with Crippen LogP contribution >= 0.6 is 0 Å². The molecular weight excluding hydrogens is 302 g/mol. The highest BCUT2D eigenvalue weighted by Crippen LogP contribution is 2.16. The minimum atomic E-state index is 0.0846. The first-order valence-electron chi connectivity index (χ1n) is 8.35. The topological polar surface area (TPSA) is 47.6 Å². The molecule has 24 heavy (non-hydrogen) atoms. The van der Waals surface area contributed by atoms with Crippen molar-refractivity contribution in [3.63, 3.8) is 0 Å². The highest BCUT2D eigenvalue weighted by Gasteiger charge is 2.01. The zero-order chi connectivity index (χ0) is 17.0. The second kappa shape index (κ2) is 10.3. The van der Waals surface area contributed by atoms with Gasteiger partial charge >= 0.3 is 0 Å². The van der Waals surface area contributed by atoms with E-state index in [1.807, 2.05) is 42.5 Å². The molecule has 1 N–H and O–H groups in total. The summed E-state index contributed by atoms with van der Waals surface area (Å²) >= 11 is 0. The van der Waals surface area contributed by atoms with Crippen molar-refractivity contribution in [2.45, 2.75) is 25.7 Å². The molecule has 0 bridgehead atoms. The summed E-state index contributed by atoms with van der Waals surface area (Å²) in [4.78, 5) is 11.8. The van der Waals surface area contributed by atoms with Gasteiger partial charge in [0.2, 0.25) is 5.91 Å². The third kappa shape index (κ3) is 6.73. The molecule has 128 valence electrons. The van der Waals surface area contributed by atoms with Gasteiger partial charge in [-0.25, -0.2) is 0 Å². The van der Waals surface area contributed by atoms with Gasteiger partial charge in [0.15, 0.2) is 0 Å². The molecule has 0 unspecified atom stereocenters. The van der Waals surface area contributed by atoms with Crippen LogP contribution in [0, 0.1) is 0 Å². The molecule has 0 saturated carbocycles. The van der Waals surface area contributed by atoms with E-state index in [1.54, 1.807) is 7.11 Å². The van der Waals surface area contributed by atoms with Crippen molar-refractivity contribution in [3.05, 3.63) is 60.2 Å². The van der Waals surface area contributed by atoms with Crippen LogP contribution in [0.1, 0.15) is 24.8 Å². The number of hydrogen-bond acceptors (Lipinski definition) is 3. The lowest BCUT2D eigenvalue weighted by Gasteiger charge is -2.08. The molecule has 2 aromatic rings. The van der Waals surface area contributed by atoms with Crippen LogP contribution in [0.5, 0.6) is 11.5 Å². The molecule has 0 aliphatic rings. The second-order valence-corrected chi connectivity index (χ2v) is 5.57. The molecule has 0 heterocycles. The number of methoxy groups -OCH3 is 1. The van der Waals surface area contributed by atoms with Crippen LogP contribution in [0.3, 0.4) is 0 Å². The van der Waals surface area contributed by atoms with Gasteiger partial charge in [0, 0.05) is 6.42 Å². The maximum absolute atomic E-state index is 11.8. The third-order valence-corrected chi connectivity index (χ3v) is 3.71. The zero-order valence-corrected chi connectivity index (χ0v) is 14.2. The maximum Gasteiger partial charge on any atom is 0.220 e. The normalized spacial score (nSPS) is 10.2. The number of rotatable bonds is 10. The van der Waals surface area contributed by atoms with Gasteiger partial charge in [-0.1, -0.05) is 30.3 Å². The number of nitrogens with one attached hydrogen (secondary N) is 1. The molecule has 0 spiro atoms. The lowest BCUT2D eigenvalue weighted by atomic mass is 10.1. The van der Waals surface area contributed by atoms with Crippen molar-refractivity contribution in [2.24, 2.45) is 0 Å². The summed E-state index contributed by atoms with van der Waals surface area (Å²) in [5.74, 6) is 1.65. The van der Waals surface area contributed by atoms with Gasteiger partial charge in [0.05, 0.1) is 13.7 Å². The Hall–Kier alpha value is -2.49. The summed E-state index contributed by atoms with van der Waals surface area (Å²) < 4.78 is 10.7. The van der Waals surface area contributed by atoms with E-state index in [-0.39, 0.29) is 5.91 Å². The van der Waals surface area contributed by atoms with Crippen molar-refractivity contribution >= 4 is 5.91 Å². The molecule has 4 heteroatoms. The van der Waals surface area contributed by atoms with Gasteiger partial charge in [0.1, 0.15) is 18.1 Å². The van der Waals surface area contributed by atoms with Crippen molar-refractivity contribution in [2.75, 3.05) is 20.3 Å². The number of hydrogen-bond donors (Lipinski definition) is 1. The van der Waals surface area contributed by atoms with E-state index in [2.05, 4.69) is 17.4 Å². The SMILES string of the molecule is COc1ccc(OCCNC(=O)CCCCc2ccccc2)cc1. The maximum atomic E-state index is 11.8. The molecular formula is C20H25NO3. The fourth-order valence-electron chi connectivity index (χ4n) is 2.38. The number of aryl methyl sites for hydroxylation is 1. The minimum absolute atomic E-state index is 0.0846. The van der Waals surface area contributed by atoms with Crippen molar-refractivity contribution in [3.8, 4) is 11.5 Å². The van der Waals surface area contributed by atoms with E-state index in [9.17, 15) is 4.79 Å². The van der Waals surface area contributed by atoms with E-state index >= 15 is 0 Å². The first kappa shape index (κ1) is 17.9. The van der Waals surface area contributed by atoms with Crippen LogP contribution in [-0.2, 0) is 11.2 Å². The smallest absolute Gasteiger partial charge is 0.220 e. The number of carbonyl (C=O) groups is 1. The summed E-state index contributed by atoms with van der Waals surface area (Å²) in [7, 11) is 1.63. The van der Waals surface area contributed by atoms with Crippen LogP contribution in [0.2, 0.25) is 0 Å². The molecule has 0 atom stereocenters. The molecule has 1 amide bonds. The van der Waals surface area contributed by atoms with Crippen LogP contribution in [-0.4, -0.2) is 26.2 Å². The Labute approximate surface area is 143 Å². The van der Waals surface area contributed by atoms with Crippen LogP contribution in [0.15, 0.2) is 54.6 Å². The van der Waals surface area contributed by atoms with E-state index in [4.69, 9.17) is 9.47 Å². The summed E-state index contributed by atoms with van der Waals surface area (Å²) in [6, 6.07) is 17.8. The van der Waals surface area contributed by atoms with Gasteiger partial charge in [-0.15, -0.1) is 0 Å². The fraction of sp³-hybridized carbons (Fsp3) is 0.350. The lowest BCUT2D eigenvalue weighted by Crippen LogP contribution is -2.27. The number of ether oxygens (including phenoxy) is 2. The second-order valence-electron chi connectivity index (χ2n) is 5.57. The van der Waals surface area contributed by atoms with Gasteiger partial charge in [0.25, 0.3) is 0 Å². The standard InChI is InChI=1S/C20H25NO3/c1-23-18-11-13-19(14-12-18)24-16-15-21-20(22)10-6-5-9-17-7-3-2-4-8-17/h2-4,7-8,11-14H,5-6,9-10,15-16H2,1H3,(H,21,22). The Bertz CT molecular complexity index is 596. The van der Waals surface area contributed by atoms with Crippen LogP contribution in [0.25, 0.3) is 0 Å². The molecule has 2 aromatic carbocycles. The van der Waals surface area contributed by atoms with Crippen molar-refractivity contribution < 1.29 is 14.3 Å². The molecule has 0 aliphatic heterocycles. The Morgan fingerprint density at radius 2 is 1.67 bits per heavy atom. The van der Waals surface area contributed by atoms with Crippen LogP contribution < -0.4 is 14.8 Å². The first-order valence-corrected chi connectivity index (χ1v) is 8.35. The van der Waals surface area contributed by atoms with E-state index < -0.39 is 0 Å². The fourth-order valence-corrected chi connectivity index (χ4v) is 2.38. The van der Waals surface area contributed by atoms with Gasteiger partial charge < -0.3 is 14.8 Å². The Kier molecular flexibility index (Phi) is 7.68. The first-order chi connectivity index (χ1) is 11.8. The van der Waals surface area contributed by atoms with Crippen LogP contribution in [0.4, 0.5) is 0 Å². The largest absolute Gasteiger partial charge is 0.497 e. The summed E-state index contributed by atoms with van der Waals surface area (Å²) in [5, 5.41) is 2.89. The average molecular weight is 327 g/mol. The quantitative estimate of drug-likeness (QED) is 0.678. The molecule has 0 fully saturated rings. The Morgan fingerprint density at radius 1 is 0.958 bits per heavy atom. The molecule has 0 aromatic heterocycles. The van der Waals surface area contributed by atoms with E-state index in [0.717, 1.165) is 30.8 Å². The summed E-state index contributed by atoms with van der Waals surface area (Å²) in [6.07, 6.45) is 3.52. The average Bonchev–Trinajstić information content (AvgIpc) is 2.64. The highest BCUT2D eigenvalue weighted by molar-refractivity contribution is 5.75. The number of amides is 1. The van der Waals surface area contributed by atoms with Gasteiger partial charge in [-0.05, 0) is 49.1 Å². The number of benzene rings is 2. The van der Waals surface area contributed by atoms with Crippen molar-refractivity contribution in [1.82, 2.24) is 5.32 Å². The predicted molar refractivity (Wildman–Crippen MR) is 95.5 cm³/mol. The molecule has 0 aliphatic carbocycles. The van der Waals surface area contributed by atoms with E-state index in [0.29, 0.717) is 19.6 Å². The minimum Gasteiger partial charge on any atom is -0.497 e. The molecule has 2 rings (SSSR count). The number of unbranched alkanes of at least 4 members (excludes halogenated alkanes) is 1.